The Bertz CT molecular complexity index is 572. The van der Waals surface area contributed by atoms with E-state index in [0.29, 0.717) is 0 Å². The van der Waals surface area contributed by atoms with E-state index < -0.39 is 23.4 Å². The molecular formula is C15H20ClFN2O3. The smallest absolute Gasteiger partial charge is 0.410 e. The fourth-order valence-electron chi connectivity index (χ4n) is 1.70. The fourth-order valence-corrected chi connectivity index (χ4v) is 1.89. The molecular weight excluding hydrogens is 311 g/mol. The normalized spacial score (nSPS) is 14.0. The highest BCUT2D eigenvalue weighted by Crippen LogP contribution is 2.28. The standard InChI is InChI=1S/C15H20ClFN2O3/c1-14(2,3)22-13(21)18-15(17,12(20)19(4)5)10-7-6-8-11(16)9-10/h6-9H,1-5H3,(H,18,21). The zero-order valence-electron chi connectivity index (χ0n) is 13.2. The average Bonchev–Trinajstić information content (AvgIpc) is 2.35. The zero-order chi connectivity index (χ0) is 17.1. The molecule has 0 radical (unpaired) electrons. The van der Waals surface area contributed by atoms with E-state index in [1.807, 2.05) is 5.32 Å². The molecule has 0 aliphatic carbocycles. The Balaban J connectivity index is 3.18. The number of hydrogen-bond acceptors (Lipinski definition) is 3. The number of hydrogen-bond donors (Lipinski definition) is 1. The van der Waals surface area contributed by atoms with Gasteiger partial charge in [-0.25, -0.2) is 9.18 Å². The van der Waals surface area contributed by atoms with E-state index in [-0.39, 0.29) is 10.6 Å². The summed E-state index contributed by atoms with van der Waals surface area (Å²) in [5.74, 6) is -3.71. The van der Waals surface area contributed by atoms with Crippen LogP contribution in [0.3, 0.4) is 0 Å². The Morgan fingerprint density at radius 1 is 1.27 bits per heavy atom. The highest BCUT2D eigenvalue weighted by Gasteiger charge is 2.44. The van der Waals surface area contributed by atoms with E-state index in [0.717, 1.165) is 4.90 Å². The predicted molar refractivity (Wildman–Crippen MR) is 82.3 cm³/mol. The van der Waals surface area contributed by atoms with Gasteiger partial charge in [0, 0.05) is 24.7 Å². The van der Waals surface area contributed by atoms with Crippen molar-refractivity contribution in [1.82, 2.24) is 10.2 Å². The quantitative estimate of drug-likeness (QED) is 0.866. The SMILES string of the molecule is CN(C)C(=O)C(F)(NC(=O)OC(C)(C)C)c1cccc(Cl)c1. The maximum atomic E-state index is 15.3. The highest BCUT2D eigenvalue weighted by molar-refractivity contribution is 6.30. The Hall–Kier alpha value is -1.82. The number of carbonyl (C=O) groups excluding carboxylic acids is 2. The van der Waals surface area contributed by atoms with E-state index in [9.17, 15) is 9.59 Å². The molecule has 1 aromatic carbocycles. The first-order chi connectivity index (χ1) is 9.95. The number of benzene rings is 1. The molecule has 1 rings (SSSR count). The minimum atomic E-state index is -2.77. The molecule has 122 valence electrons. The first-order valence-electron chi connectivity index (χ1n) is 6.63. The van der Waals surface area contributed by atoms with Crippen molar-refractivity contribution in [3.8, 4) is 0 Å². The van der Waals surface area contributed by atoms with Crippen molar-refractivity contribution in [2.24, 2.45) is 0 Å². The summed E-state index contributed by atoms with van der Waals surface area (Å²) < 4.78 is 20.3. The van der Waals surface area contributed by atoms with Gasteiger partial charge in [0.2, 0.25) is 0 Å². The van der Waals surface area contributed by atoms with Crippen LogP contribution in [0.5, 0.6) is 0 Å². The lowest BCUT2D eigenvalue weighted by Gasteiger charge is -2.30. The fraction of sp³-hybridized carbons (Fsp3) is 0.467. The summed E-state index contributed by atoms with van der Waals surface area (Å²) >= 11 is 5.84. The number of alkyl halides is 1. The molecule has 0 spiro atoms. The van der Waals surface area contributed by atoms with Crippen molar-refractivity contribution in [1.29, 1.82) is 0 Å². The predicted octanol–water partition coefficient (Wildman–Crippen LogP) is 3.08. The number of amides is 2. The molecule has 1 unspecified atom stereocenters. The van der Waals surface area contributed by atoms with E-state index >= 15 is 4.39 Å². The third-order valence-electron chi connectivity index (χ3n) is 2.60. The summed E-state index contributed by atoms with van der Waals surface area (Å²) in [5, 5.41) is 2.24. The summed E-state index contributed by atoms with van der Waals surface area (Å²) in [7, 11) is 2.77. The summed E-state index contributed by atoms with van der Waals surface area (Å²) in [6, 6.07) is 5.68. The van der Waals surface area contributed by atoms with Crippen LogP contribution in [0.4, 0.5) is 9.18 Å². The minimum absolute atomic E-state index is 0.0791. The van der Waals surface area contributed by atoms with E-state index in [1.54, 1.807) is 26.8 Å². The molecule has 22 heavy (non-hydrogen) atoms. The highest BCUT2D eigenvalue weighted by atomic mass is 35.5. The molecule has 1 N–H and O–H groups in total. The van der Waals surface area contributed by atoms with Crippen LogP contribution in [0, 0.1) is 0 Å². The Labute approximate surface area is 134 Å². The van der Waals surface area contributed by atoms with Gasteiger partial charge in [-0.1, -0.05) is 23.7 Å². The first-order valence-corrected chi connectivity index (χ1v) is 7.01. The number of likely N-dealkylation sites (N-methyl/N-ethyl adjacent to an activating group) is 1. The number of nitrogens with one attached hydrogen (secondary N) is 1. The Morgan fingerprint density at radius 2 is 1.86 bits per heavy atom. The van der Waals surface area contributed by atoms with Gasteiger partial charge in [0.1, 0.15) is 5.60 Å². The van der Waals surface area contributed by atoms with Gasteiger partial charge in [-0.15, -0.1) is 0 Å². The topological polar surface area (TPSA) is 58.6 Å². The summed E-state index contributed by atoms with van der Waals surface area (Å²) in [4.78, 5) is 25.1. The molecule has 0 bridgehead atoms. The van der Waals surface area contributed by atoms with E-state index in [1.165, 1.54) is 32.3 Å². The number of ether oxygens (including phenoxy) is 1. The van der Waals surface area contributed by atoms with Gasteiger partial charge in [0.05, 0.1) is 0 Å². The van der Waals surface area contributed by atoms with Crippen LogP contribution in [0.15, 0.2) is 24.3 Å². The van der Waals surface area contributed by atoms with Crippen molar-refractivity contribution in [2.75, 3.05) is 14.1 Å². The van der Waals surface area contributed by atoms with Crippen LogP contribution in [0.25, 0.3) is 0 Å². The van der Waals surface area contributed by atoms with Crippen LogP contribution >= 0.6 is 11.6 Å². The summed E-state index contributed by atoms with van der Waals surface area (Å²) in [5.41, 5.74) is -0.898. The second-order valence-electron chi connectivity index (χ2n) is 6.00. The molecule has 2 amide bonds. The monoisotopic (exact) mass is 330 g/mol. The van der Waals surface area contributed by atoms with Gasteiger partial charge >= 0.3 is 6.09 Å². The lowest BCUT2D eigenvalue weighted by molar-refractivity contribution is -0.144. The number of carbonyl (C=O) groups is 2. The first kappa shape index (κ1) is 18.2. The molecule has 0 fully saturated rings. The van der Waals surface area contributed by atoms with Crippen molar-refractivity contribution in [3.63, 3.8) is 0 Å². The molecule has 1 aromatic rings. The third kappa shape index (κ3) is 4.59. The Kier molecular flexibility index (Phi) is 5.40. The van der Waals surface area contributed by atoms with Gasteiger partial charge in [-0.2, -0.15) is 0 Å². The van der Waals surface area contributed by atoms with Crippen LogP contribution in [-0.4, -0.2) is 36.6 Å². The molecule has 0 heterocycles. The van der Waals surface area contributed by atoms with Crippen LogP contribution < -0.4 is 5.32 Å². The van der Waals surface area contributed by atoms with E-state index in [2.05, 4.69) is 0 Å². The second kappa shape index (κ2) is 6.52. The third-order valence-corrected chi connectivity index (χ3v) is 2.83. The average molecular weight is 331 g/mol. The number of nitrogens with zero attached hydrogens (tertiary/aromatic N) is 1. The van der Waals surface area contributed by atoms with Crippen LogP contribution in [0.1, 0.15) is 26.3 Å². The molecule has 7 heteroatoms. The lowest BCUT2D eigenvalue weighted by Crippen LogP contribution is -2.54. The summed E-state index contributed by atoms with van der Waals surface area (Å²) in [6.45, 7) is 4.92. The van der Waals surface area contributed by atoms with Gasteiger partial charge in [0.25, 0.3) is 11.7 Å². The number of rotatable bonds is 3. The molecule has 0 saturated heterocycles. The van der Waals surface area contributed by atoms with Crippen molar-refractivity contribution < 1.29 is 18.7 Å². The second-order valence-corrected chi connectivity index (χ2v) is 6.43. The van der Waals surface area contributed by atoms with Gasteiger partial charge in [-0.3, -0.25) is 10.1 Å². The molecule has 1 atom stereocenters. The number of alkyl carbamates (subject to hydrolysis) is 1. The maximum absolute atomic E-state index is 15.3. The van der Waals surface area contributed by atoms with Gasteiger partial charge in [-0.05, 0) is 32.9 Å². The van der Waals surface area contributed by atoms with E-state index in [4.69, 9.17) is 16.3 Å². The van der Waals surface area contributed by atoms with Crippen molar-refractivity contribution in [3.05, 3.63) is 34.9 Å². The van der Waals surface area contributed by atoms with Gasteiger partial charge < -0.3 is 9.64 Å². The molecule has 0 aliphatic heterocycles. The zero-order valence-corrected chi connectivity index (χ0v) is 14.0. The summed E-state index contributed by atoms with van der Waals surface area (Å²) in [6.07, 6.45) is -1.04. The van der Waals surface area contributed by atoms with Crippen LogP contribution in [0.2, 0.25) is 5.02 Å². The molecule has 5 nitrogen and oxygen atoms in total. The number of halogens is 2. The molecule has 0 saturated carbocycles. The van der Waals surface area contributed by atoms with Crippen molar-refractivity contribution >= 4 is 23.6 Å². The minimum Gasteiger partial charge on any atom is -0.444 e. The Morgan fingerprint density at radius 3 is 2.32 bits per heavy atom. The van der Waals surface area contributed by atoms with Crippen molar-refractivity contribution in [2.45, 2.75) is 32.2 Å². The lowest BCUT2D eigenvalue weighted by atomic mass is 10.0. The maximum Gasteiger partial charge on any atom is 0.410 e. The van der Waals surface area contributed by atoms with Gasteiger partial charge in [0.15, 0.2) is 0 Å². The molecule has 0 aromatic heterocycles. The molecule has 0 aliphatic rings. The largest absolute Gasteiger partial charge is 0.444 e. The van der Waals surface area contributed by atoms with Crippen LogP contribution in [-0.2, 0) is 15.3 Å².